The van der Waals surface area contributed by atoms with E-state index >= 15 is 0 Å². The lowest BCUT2D eigenvalue weighted by molar-refractivity contribution is 0.136. The SMILES string of the molecule is C=CCN1CC[N]C(C(C=C)N2CCCNCC2)C1. The highest BCUT2D eigenvalue weighted by Crippen LogP contribution is 2.13. The molecule has 2 rings (SSSR count). The summed E-state index contributed by atoms with van der Waals surface area (Å²) in [7, 11) is 0. The molecule has 2 saturated heterocycles. The van der Waals surface area contributed by atoms with Crippen molar-refractivity contribution in [3.05, 3.63) is 25.3 Å². The molecule has 2 aliphatic rings. The minimum Gasteiger partial charge on any atom is -0.315 e. The van der Waals surface area contributed by atoms with Gasteiger partial charge >= 0.3 is 0 Å². The van der Waals surface area contributed by atoms with Gasteiger partial charge in [-0.3, -0.25) is 9.80 Å². The van der Waals surface area contributed by atoms with Crippen molar-refractivity contribution in [3.63, 3.8) is 0 Å². The van der Waals surface area contributed by atoms with Crippen LogP contribution in [0, 0.1) is 0 Å². The average Bonchev–Trinajstić information content (AvgIpc) is 2.70. The predicted octanol–water partition coefficient (Wildman–Crippen LogP) is 0.311. The van der Waals surface area contributed by atoms with E-state index in [1.807, 2.05) is 6.08 Å². The predicted molar refractivity (Wildman–Crippen MR) is 80.5 cm³/mol. The Kier molecular flexibility index (Phi) is 6.04. The molecule has 2 fully saturated rings. The van der Waals surface area contributed by atoms with Crippen LogP contribution in [0.15, 0.2) is 25.3 Å². The summed E-state index contributed by atoms with van der Waals surface area (Å²) in [6.07, 6.45) is 5.30. The third kappa shape index (κ3) is 4.14. The summed E-state index contributed by atoms with van der Waals surface area (Å²) in [5, 5.41) is 8.29. The molecular formula is C15H27N4. The first-order chi connectivity index (χ1) is 9.35. The lowest BCUT2D eigenvalue weighted by Crippen LogP contribution is -2.56. The van der Waals surface area contributed by atoms with Gasteiger partial charge in [-0.1, -0.05) is 12.2 Å². The molecule has 0 bridgehead atoms. The van der Waals surface area contributed by atoms with E-state index in [1.54, 1.807) is 0 Å². The number of piperazine rings is 1. The first-order valence-electron chi connectivity index (χ1n) is 7.42. The molecule has 0 aliphatic carbocycles. The maximum atomic E-state index is 4.83. The maximum Gasteiger partial charge on any atom is 0.0564 e. The van der Waals surface area contributed by atoms with Gasteiger partial charge in [-0.15, -0.1) is 13.2 Å². The Hall–Kier alpha value is -0.680. The van der Waals surface area contributed by atoms with Crippen molar-refractivity contribution in [1.29, 1.82) is 0 Å². The topological polar surface area (TPSA) is 32.6 Å². The van der Waals surface area contributed by atoms with Crippen molar-refractivity contribution in [3.8, 4) is 0 Å². The van der Waals surface area contributed by atoms with Crippen LogP contribution in [0.25, 0.3) is 0 Å². The fraction of sp³-hybridized carbons (Fsp3) is 0.733. The summed E-state index contributed by atoms with van der Waals surface area (Å²) in [6, 6.07) is 0.747. The molecule has 107 valence electrons. The van der Waals surface area contributed by atoms with E-state index in [0.29, 0.717) is 12.1 Å². The normalized spacial score (nSPS) is 28.5. The average molecular weight is 263 g/mol. The third-order valence-corrected chi connectivity index (χ3v) is 4.04. The highest BCUT2D eigenvalue weighted by Gasteiger charge is 2.29. The van der Waals surface area contributed by atoms with E-state index in [9.17, 15) is 0 Å². The molecule has 0 aromatic heterocycles. The van der Waals surface area contributed by atoms with Crippen molar-refractivity contribution in [1.82, 2.24) is 20.4 Å². The molecule has 2 atom stereocenters. The summed E-state index contributed by atoms with van der Waals surface area (Å²) in [6.45, 7) is 16.4. The summed E-state index contributed by atoms with van der Waals surface area (Å²) >= 11 is 0. The van der Waals surface area contributed by atoms with Gasteiger partial charge < -0.3 is 5.32 Å². The lowest BCUT2D eigenvalue weighted by Gasteiger charge is -2.39. The Bertz CT molecular complexity index is 284. The Morgan fingerprint density at radius 1 is 1.26 bits per heavy atom. The molecule has 0 saturated carbocycles. The van der Waals surface area contributed by atoms with E-state index in [2.05, 4.69) is 34.4 Å². The molecule has 4 heteroatoms. The smallest absolute Gasteiger partial charge is 0.0564 e. The van der Waals surface area contributed by atoms with Crippen molar-refractivity contribution < 1.29 is 0 Å². The van der Waals surface area contributed by atoms with E-state index in [1.165, 1.54) is 6.42 Å². The number of rotatable bonds is 5. The minimum atomic E-state index is 0.365. The number of nitrogens with one attached hydrogen (secondary N) is 1. The first-order valence-corrected chi connectivity index (χ1v) is 7.42. The summed E-state index contributed by atoms with van der Waals surface area (Å²) < 4.78 is 0. The van der Waals surface area contributed by atoms with Crippen LogP contribution < -0.4 is 10.6 Å². The number of hydrogen-bond acceptors (Lipinski definition) is 3. The second-order valence-electron chi connectivity index (χ2n) is 5.39. The van der Waals surface area contributed by atoms with E-state index in [4.69, 9.17) is 5.32 Å². The maximum absolute atomic E-state index is 4.83. The summed E-state index contributed by atoms with van der Waals surface area (Å²) in [4.78, 5) is 4.98. The molecule has 19 heavy (non-hydrogen) atoms. The van der Waals surface area contributed by atoms with E-state index in [-0.39, 0.29) is 0 Å². The molecule has 4 nitrogen and oxygen atoms in total. The van der Waals surface area contributed by atoms with Gasteiger partial charge in [0.05, 0.1) is 6.04 Å². The number of nitrogens with zero attached hydrogens (tertiary/aromatic N) is 3. The summed E-state index contributed by atoms with van der Waals surface area (Å²) in [5.74, 6) is 0. The highest BCUT2D eigenvalue weighted by molar-refractivity contribution is 5.00. The van der Waals surface area contributed by atoms with Gasteiger partial charge in [-0.25, -0.2) is 5.32 Å². The fourth-order valence-electron chi connectivity index (χ4n) is 3.06. The van der Waals surface area contributed by atoms with Gasteiger partial charge in [0.1, 0.15) is 0 Å². The van der Waals surface area contributed by atoms with Crippen LogP contribution in [0.3, 0.4) is 0 Å². The Balaban J connectivity index is 1.95. The van der Waals surface area contributed by atoms with Gasteiger partial charge in [0.15, 0.2) is 0 Å². The molecule has 2 heterocycles. The van der Waals surface area contributed by atoms with E-state index in [0.717, 1.165) is 52.4 Å². The third-order valence-electron chi connectivity index (χ3n) is 4.04. The number of hydrogen-bond donors (Lipinski definition) is 1. The van der Waals surface area contributed by atoms with Gasteiger partial charge in [-0.05, 0) is 13.0 Å². The van der Waals surface area contributed by atoms with Crippen molar-refractivity contribution >= 4 is 0 Å². The molecule has 0 spiro atoms. The molecule has 0 amide bonds. The van der Waals surface area contributed by atoms with Crippen LogP contribution in [-0.2, 0) is 0 Å². The minimum absolute atomic E-state index is 0.365. The van der Waals surface area contributed by atoms with Crippen LogP contribution in [0.4, 0.5) is 0 Å². The largest absolute Gasteiger partial charge is 0.315 e. The van der Waals surface area contributed by atoms with Gasteiger partial charge in [0.25, 0.3) is 0 Å². The van der Waals surface area contributed by atoms with Crippen molar-refractivity contribution in [2.24, 2.45) is 0 Å². The molecular weight excluding hydrogens is 236 g/mol. The molecule has 1 radical (unpaired) electrons. The molecule has 0 aromatic carbocycles. The highest BCUT2D eigenvalue weighted by atomic mass is 15.3. The van der Waals surface area contributed by atoms with Gasteiger partial charge in [-0.2, -0.15) is 0 Å². The zero-order valence-electron chi connectivity index (χ0n) is 11.9. The zero-order chi connectivity index (χ0) is 13.5. The Labute approximate surface area is 117 Å². The Morgan fingerprint density at radius 3 is 2.95 bits per heavy atom. The monoisotopic (exact) mass is 263 g/mol. The zero-order valence-corrected chi connectivity index (χ0v) is 11.9. The van der Waals surface area contributed by atoms with Crippen LogP contribution in [0.1, 0.15) is 6.42 Å². The van der Waals surface area contributed by atoms with Gasteiger partial charge in [0, 0.05) is 51.9 Å². The van der Waals surface area contributed by atoms with Crippen LogP contribution in [0.5, 0.6) is 0 Å². The molecule has 1 N–H and O–H groups in total. The quantitative estimate of drug-likeness (QED) is 0.725. The van der Waals surface area contributed by atoms with Crippen molar-refractivity contribution in [2.75, 3.05) is 52.4 Å². The van der Waals surface area contributed by atoms with Gasteiger partial charge in [0.2, 0.25) is 0 Å². The standard InChI is InChI=1S/C15H27N4/c1-3-9-18-11-8-17-14(13-18)15(4-2)19-10-5-6-16-7-12-19/h3-4,14-16H,1-2,5-13H2. The van der Waals surface area contributed by atoms with E-state index < -0.39 is 0 Å². The van der Waals surface area contributed by atoms with Crippen LogP contribution in [0.2, 0.25) is 0 Å². The summed E-state index contributed by atoms with van der Waals surface area (Å²) in [5.41, 5.74) is 0. The molecule has 2 aliphatic heterocycles. The second kappa shape index (κ2) is 7.80. The fourth-order valence-corrected chi connectivity index (χ4v) is 3.06. The molecule has 0 aromatic rings. The molecule has 2 unspecified atom stereocenters. The second-order valence-corrected chi connectivity index (χ2v) is 5.39. The first kappa shape index (κ1) is 14.7. The van der Waals surface area contributed by atoms with Crippen molar-refractivity contribution in [2.45, 2.75) is 18.5 Å². The van der Waals surface area contributed by atoms with Crippen LogP contribution in [-0.4, -0.2) is 74.2 Å². The lowest BCUT2D eigenvalue weighted by atomic mass is 10.0. The Morgan fingerprint density at radius 2 is 2.16 bits per heavy atom. The van der Waals surface area contributed by atoms with Crippen LogP contribution >= 0.6 is 0 Å².